The van der Waals surface area contributed by atoms with Gasteiger partial charge in [0.25, 0.3) is 0 Å². The molecule has 9 heteroatoms. The Morgan fingerprint density at radius 3 is 2.51 bits per heavy atom. The van der Waals surface area contributed by atoms with Crippen LogP contribution in [0.1, 0.15) is 25.7 Å². The highest BCUT2D eigenvalue weighted by molar-refractivity contribution is 6.36. The molecule has 2 atom stereocenters. The molecule has 2 aromatic heterocycles. The second kappa shape index (κ2) is 10.3. The molecule has 8 nitrogen and oxygen atoms in total. The zero-order valence-corrected chi connectivity index (χ0v) is 23.9. The van der Waals surface area contributed by atoms with E-state index in [0.717, 1.165) is 84.2 Å². The molecule has 5 heterocycles. The molecule has 3 aliphatic heterocycles. The van der Waals surface area contributed by atoms with E-state index in [1.165, 1.54) is 25.7 Å². The van der Waals surface area contributed by atoms with E-state index in [1.807, 2.05) is 12.1 Å². The molecular formula is C32H35ClN6O2. The van der Waals surface area contributed by atoms with Gasteiger partial charge in [0, 0.05) is 66.2 Å². The van der Waals surface area contributed by atoms with Gasteiger partial charge in [0.15, 0.2) is 5.65 Å². The van der Waals surface area contributed by atoms with Gasteiger partial charge in [-0.2, -0.15) is 9.97 Å². The number of hydrogen-bond donors (Lipinski definition) is 1. The first-order valence-electron chi connectivity index (χ1n) is 14.9. The summed E-state index contributed by atoms with van der Waals surface area (Å²) in [6.45, 7) is 7.16. The molecule has 4 fully saturated rings. The highest BCUT2D eigenvalue weighted by atomic mass is 35.5. The van der Waals surface area contributed by atoms with Crippen LogP contribution < -0.4 is 15.0 Å². The zero-order valence-electron chi connectivity index (χ0n) is 23.2. The summed E-state index contributed by atoms with van der Waals surface area (Å²) in [7, 11) is 0. The van der Waals surface area contributed by atoms with Crippen LogP contribution in [0.5, 0.6) is 6.01 Å². The molecule has 0 spiro atoms. The summed E-state index contributed by atoms with van der Waals surface area (Å²) in [6.07, 6.45) is 4.77. The van der Waals surface area contributed by atoms with Gasteiger partial charge >= 0.3 is 6.01 Å². The highest BCUT2D eigenvalue weighted by Gasteiger charge is 2.45. The number of hydrogen-bond acceptors (Lipinski definition) is 8. The molecule has 41 heavy (non-hydrogen) atoms. The van der Waals surface area contributed by atoms with Crippen LogP contribution in [0.3, 0.4) is 0 Å². The van der Waals surface area contributed by atoms with Crippen LogP contribution in [0.25, 0.3) is 33.1 Å². The van der Waals surface area contributed by atoms with Crippen molar-refractivity contribution in [3.05, 3.63) is 53.6 Å². The molecule has 3 saturated heterocycles. The summed E-state index contributed by atoms with van der Waals surface area (Å²) in [5, 5.41) is 7.52. The maximum atomic E-state index is 6.68. The predicted molar refractivity (Wildman–Crippen MR) is 162 cm³/mol. The summed E-state index contributed by atoms with van der Waals surface area (Å²) in [4.78, 5) is 20.0. The van der Waals surface area contributed by atoms with E-state index in [-0.39, 0.29) is 5.41 Å². The summed E-state index contributed by atoms with van der Waals surface area (Å²) in [6, 6.07) is 17.8. The second-order valence-electron chi connectivity index (χ2n) is 12.3. The monoisotopic (exact) mass is 570 g/mol. The van der Waals surface area contributed by atoms with Crippen molar-refractivity contribution in [1.29, 1.82) is 0 Å². The average molecular weight is 571 g/mol. The zero-order chi connectivity index (χ0) is 27.4. The number of nitrogens with zero attached hydrogens (tertiary/aromatic N) is 5. The molecule has 2 aromatic carbocycles. The van der Waals surface area contributed by atoms with Gasteiger partial charge in [-0.1, -0.05) is 41.9 Å². The number of aromatic nitrogens is 3. The molecule has 1 N–H and O–H groups in total. The van der Waals surface area contributed by atoms with Gasteiger partial charge in [-0.15, -0.1) is 0 Å². The van der Waals surface area contributed by atoms with E-state index >= 15 is 0 Å². The fourth-order valence-electron chi connectivity index (χ4n) is 6.88. The summed E-state index contributed by atoms with van der Waals surface area (Å²) < 4.78 is 12.0. The number of halogens is 1. The molecule has 1 aliphatic carbocycles. The Kier molecular flexibility index (Phi) is 6.47. The Balaban J connectivity index is 1.16. The number of rotatable bonds is 7. The largest absolute Gasteiger partial charge is 0.463 e. The van der Waals surface area contributed by atoms with Crippen LogP contribution in [-0.4, -0.2) is 84.5 Å². The minimum Gasteiger partial charge on any atom is -0.463 e. The van der Waals surface area contributed by atoms with Crippen molar-refractivity contribution in [2.45, 2.75) is 37.8 Å². The van der Waals surface area contributed by atoms with Crippen LogP contribution in [0, 0.1) is 5.41 Å². The van der Waals surface area contributed by atoms with Crippen LogP contribution in [0.2, 0.25) is 5.02 Å². The fraction of sp³-hybridized carbons (Fsp3) is 0.469. The lowest BCUT2D eigenvalue weighted by atomic mass is 10.0. The minimum absolute atomic E-state index is 0.180. The number of pyridine rings is 1. The highest BCUT2D eigenvalue weighted by Crippen LogP contribution is 2.46. The third-order valence-corrected chi connectivity index (χ3v) is 9.61. The number of ether oxygens (including phenoxy) is 2. The number of fused-ring (bicyclic) bond motifs is 4. The van der Waals surface area contributed by atoms with Crippen molar-refractivity contribution in [3.8, 4) is 17.3 Å². The van der Waals surface area contributed by atoms with Crippen molar-refractivity contribution in [2.24, 2.45) is 5.41 Å². The maximum Gasteiger partial charge on any atom is 0.320 e. The lowest BCUT2D eigenvalue weighted by Crippen LogP contribution is -2.51. The molecular weight excluding hydrogens is 536 g/mol. The number of morpholine rings is 1. The first-order chi connectivity index (χ1) is 20.1. The van der Waals surface area contributed by atoms with E-state index < -0.39 is 0 Å². The molecule has 212 valence electrons. The molecule has 8 rings (SSSR count). The molecule has 2 unspecified atom stereocenters. The van der Waals surface area contributed by atoms with Gasteiger partial charge in [-0.25, -0.2) is 4.98 Å². The van der Waals surface area contributed by atoms with Gasteiger partial charge in [-0.05, 0) is 49.3 Å². The van der Waals surface area contributed by atoms with E-state index in [0.29, 0.717) is 30.3 Å². The van der Waals surface area contributed by atoms with Crippen LogP contribution >= 0.6 is 11.6 Å². The quantitative estimate of drug-likeness (QED) is 0.335. The Hall–Kier alpha value is -3.04. The SMILES string of the molecule is Clc1cccc2cccc(-c3ccc4c(N5CC6CCC(C5)N6)nc(OCC5(CN6CCOCC6)CC5)nc4n3)c12. The lowest BCUT2D eigenvalue weighted by Gasteiger charge is -2.34. The molecule has 0 amide bonds. The number of anilines is 1. The topological polar surface area (TPSA) is 75.6 Å². The smallest absolute Gasteiger partial charge is 0.320 e. The summed E-state index contributed by atoms with van der Waals surface area (Å²) >= 11 is 6.68. The third-order valence-electron chi connectivity index (χ3n) is 9.29. The van der Waals surface area contributed by atoms with Gasteiger partial charge in [0.05, 0.1) is 30.9 Å². The normalized spacial score (nSPS) is 23.8. The third kappa shape index (κ3) is 5.01. The second-order valence-corrected chi connectivity index (χ2v) is 12.7. The Bertz CT molecular complexity index is 1590. The van der Waals surface area contributed by atoms with Crippen LogP contribution in [-0.2, 0) is 4.74 Å². The number of nitrogens with one attached hydrogen (secondary N) is 1. The van der Waals surface area contributed by atoms with Crippen LogP contribution in [0.15, 0.2) is 48.5 Å². The Morgan fingerprint density at radius 2 is 1.73 bits per heavy atom. The molecule has 4 aliphatic rings. The fourth-order valence-corrected chi connectivity index (χ4v) is 7.17. The Morgan fingerprint density at radius 1 is 0.951 bits per heavy atom. The van der Waals surface area contributed by atoms with E-state index in [2.05, 4.69) is 51.5 Å². The maximum absolute atomic E-state index is 6.68. The van der Waals surface area contributed by atoms with Crippen molar-refractivity contribution in [1.82, 2.24) is 25.2 Å². The standard InChI is InChI=1S/C32H35ClN6O2/c33-26-6-2-4-21-3-1-5-24(28(21)26)27-10-9-25-29(35-27)36-31(37-30(25)39-17-22-7-8-23(18-39)34-22)41-20-32(11-12-32)19-38-13-15-40-16-14-38/h1-6,9-10,22-23,34H,7-8,11-20H2. The Labute approximate surface area is 245 Å². The lowest BCUT2D eigenvalue weighted by molar-refractivity contribution is 0.0231. The summed E-state index contributed by atoms with van der Waals surface area (Å²) in [5.41, 5.74) is 2.69. The van der Waals surface area contributed by atoms with E-state index in [9.17, 15) is 0 Å². The first kappa shape index (κ1) is 25.7. The van der Waals surface area contributed by atoms with Crippen molar-refractivity contribution >= 4 is 39.2 Å². The average Bonchev–Trinajstić information content (AvgIpc) is 3.69. The van der Waals surface area contributed by atoms with Crippen LogP contribution in [0.4, 0.5) is 5.82 Å². The predicted octanol–water partition coefficient (Wildman–Crippen LogP) is 4.93. The number of benzene rings is 2. The molecule has 1 saturated carbocycles. The van der Waals surface area contributed by atoms with E-state index in [4.69, 9.17) is 36.0 Å². The first-order valence-corrected chi connectivity index (χ1v) is 15.3. The van der Waals surface area contributed by atoms with Gasteiger partial charge in [0.1, 0.15) is 5.82 Å². The molecule has 4 aromatic rings. The van der Waals surface area contributed by atoms with Gasteiger partial charge < -0.3 is 19.7 Å². The van der Waals surface area contributed by atoms with Crippen molar-refractivity contribution < 1.29 is 9.47 Å². The van der Waals surface area contributed by atoms with E-state index in [1.54, 1.807) is 0 Å². The molecule has 0 radical (unpaired) electrons. The van der Waals surface area contributed by atoms with Crippen molar-refractivity contribution in [3.63, 3.8) is 0 Å². The molecule has 2 bridgehead atoms. The number of piperazine rings is 1. The van der Waals surface area contributed by atoms with Crippen molar-refractivity contribution in [2.75, 3.05) is 57.4 Å². The van der Waals surface area contributed by atoms with Gasteiger partial charge in [0.2, 0.25) is 0 Å². The minimum atomic E-state index is 0.180. The summed E-state index contributed by atoms with van der Waals surface area (Å²) in [5.74, 6) is 0.927. The van der Waals surface area contributed by atoms with Gasteiger partial charge in [-0.3, -0.25) is 4.90 Å².